The smallest absolute Gasteiger partial charge is 0.228 e. The fourth-order valence-electron chi connectivity index (χ4n) is 2.24. The minimum Gasteiger partial charge on any atom is -0.493 e. The van der Waals surface area contributed by atoms with Crippen LogP contribution < -0.4 is 15.8 Å². The van der Waals surface area contributed by atoms with E-state index in [1.54, 1.807) is 0 Å². The van der Waals surface area contributed by atoms with E-state index in [2.05, 4.69) is 53.2 Å². The fourth-order valence-corrected chi connectivity index (χ4v) is 2.60. The lowest BCUT2D eigenvalue weighted by Gasteiger charge is -2.17. The molecule has 0 aliphatic carbocycles. The molecular weight excluding hydrogens is 322 g/mol. The topological polar surface area (TPSA) is 86.0 Å². The molecule has 0 bridgehead atoms. The average molecular weight is 347 g/mol. The lowest BCUT2D eigenvalue weighted by molar-refractivity contribution is 0.307. The van der Waals surface area contributed by atoms with Gasteiger partial charge in [-0.2, -0.15) is 15.0 Å². The molecule has 1 heterocycles. The van der Waals surface area contributed by atoms with Crippen molar-refractivity contribution in [3.8, 4) is 5.75 Å². The Bertz CT molecular complexity index is 680. The van der Waals surface area contributed by atoms with Gasteiger partial charge in [-0.1, -0.05) is 37.2 Å². The van der Waals surface area contributed by atoms with Crippen molar-refractivity contribution in [2.45, 2.75) is 44.8 Å². The quantitative estimate of drug-likeness (QED) is 0.554. The van der Waals surface area contributed by atoms with Crippen molar-refractivity contribution < 1.29 is 4.74 Å². The van der Waals surface area contributed by atoms with Gasteiger partial charge in [0.25, 0.3) is 0 Å². The number of benzene rings is 1. The Hall–Kier alpha value is -2.02. The van der Waals surface area contributed by atoms with Gasteiger partial charge in [0.1, 0.15) is 5.75 Å². The van der Waals surface area contributed by atoms with E-state index in [1.807, 2.05) is 12.3 Å². The second kappa shape index (κ2) is 8.73. The van der Waals surface area contributed by atoms with Gasteiger partial charge in [0.15, 0.2) is 5.16 Å². The predicted molar refractivity (Wildman–Crippen MR) is 99.6 cm³/mol. The van der Waals surface area contributed by atoms with Crippen LogP contribution in [0.2, 0.25) is 0 Å². The van der Waals surface area contributed by atoms with Crippen LogP contribution in [0, 0.1) is 6.92 Å². The number of rotatable bonds is 8. The zero-order valence-electron chi connectivity index (χ0n) is 14.7. The minimum absolute atomic E-state index is 0.0462. The third kappa shape index (κ3) is 4.99. The SMILES string of the molecule is CCCCOc1ccc(C(C)Nc2nc(N)nc(SC)n2)cc1C. The van der Waals surface area contributed by atoms with Crippen LogP contribution in [0.25, 0.3) is 0 Å². The Morgan fingerprint density at radius 2 is 2.08 bits per heavy atom. The van der Waals surface area contributed by atoms with Crippen molar-refractivity contribution in [2.75, 3.05) is 23.9 Å². The minimum atomic E-state index is 0.0462. The highest BCUT2D eigenvalue weighted by Gasteiger charge is 2.11. The molecule has 0 aliphatic heterocycles. The number of nitrogen functional groups attached to an aromatic ring is 1. The Morgan fingerprint density at radius 1 is 1.29 bits per heavy atom. The molecule has 0 amide bonds. The molecule has 2 aromatic rings. The Balaban J connectivity index is 2.08. The largest absolute Gasteiger partial charge is 0.493 e. The van der Waals surface area contributed by atoms with Crippen molar-refractivity contribution >= 4 is 23.7 Å². The highest BCUT2D eigenvalue weighted by Crippen LogP contribution is 2.25. The van der Waals surface area contributed by atoms with Gasteiger partial charge in [-0.05, 0) is 43.7 Å². The number of nitrogens with two attached hydrogens (primary N) is 1. The molecule has 130 valence electrons. The maximum atomic E-state index is 5.80. The number of hydrogen-bond donors (Lipinski definition) is 2. The molecule has 6 nitrogen and oxygen atoms in total. The lowest BCUT2D eigenvalue weighted by Crippen LogP contribution is -2.12. The molecule has 0 fully saturated rings. The summed E-state index contributed by atoms with van der Waals surface area (Å²) in [5.41, 5.74) is 7.98. The van der Waals surface area contributed by atoms with Crippen molar-refractivity contribution in [1.82, 2.24) is 15.0 Å². The molecule has 1 aromatic carbocycles. The van der Waals surface area contributed by atoms with Crippen molar-refractivity contribution in [1.29, 1.82) is 0 Å². The van der Waals surface area contributed by atoms with Crippen LogP contribution in [-0.2, 0) is 0 Å². The van der Waals surface area contributed by atoms with Crippen molar-refractivity contribution in [3.63, 3.8) is 0 Å². The van der Waals surface area contributed by atoms with Gasteiger partial charge in [-0.25, -0.2) is 0 Å². The molecule has 24 heavy (non-hydrogen) atoms. The zero-order chi connectivity index (χ0) is 17.5. The van der Waals surface area contributed by atoms with Crippen LogP contribution in [0.15, 0.2) is 23.4 Å². The Morgan fingerprint density at radius 3 is 2.75 bits per heavy atom. The predicted octanol–water partition coefficient (Wildman–Crippen LogP) is 3.84. The average Bonchev–Trinajstić information content (AvgIpc) is 2.55. The first-order valence-electron chi connectivity index (χ1n) is 8.09. The summed E-state index contributed by atoms with van der Waals surface area (Å²) < 4.78 is 5.80. The standard InChI is InChI=1S/C17H25N5OS/c1-5-6-9-23-14-8-7-13(10-11(14)2)12(3)19-16-20-15(18)21-17(22-16)24-4/h7-8,10,12H,5-6,9H2,1-4H3,(H3,18,19,20,21,22). The highest BCUT2D eigenvalue weighted by molar-refractivity contribution is 7.98. The molecular formula is C17H25N5OS. The number of thioether (sulfide) groups is 1. The van der Waals surface area contributed by atoms with E-state index in [4.69, 9.17) is 10.5 Å². The van der Waals surface area contributed by atoms with E-state index in [0.717, 1.165) is 36.3 Å². The maximum absolute atomic E-state index is 5.80. The number of nitrogens with zero attached hydrogens (tertiary/aromatic N) is 3. The summed E-state index contributed by atoms with van der Waals surface area (Å²) in [4.78, 5) is 12.5. The molecule has 1 unspecified atom stereocenters. The van der Waals surface area contributed by atoms with E-state index >= 15 is 0 Å². The molecule has 1 atom stereocenters. The molecule has 3 N–H and O–H groups in total. The van der Waals surface area contributed by atoms with Crippen LogP contribution in [0.3, 0.4) is 0 Å². The van der Waals surface area contributed by atoms with Crippen LogP contribution >= 0.6 is 11.8 Å². The number of aryl methyl sites for hydroxylation is 1. The van der Waals surface area contributed by atoms with Gasteiger partial charge < -0.3 is 15.8 Å². The first-order chi connectivity index (χ1) is 11.5. The molecule has 0 aliphatic rings. The zero-order valence-corrected chi connectivity index (χ0v) is 15.5. The molecule has 0 radical (unpaired) electrons. The van der Waals surface area contributed by atoms with E-state index in [-0.39, 0.29) is 12.0 Å². The van der Waals surface area contributed by atoms with Gasteiger partial charge in [0.05, 0.1) is 12.6 Å². The van der Waals surface area contributed by atoms with Crippen molar-refractivity contribution in [3.05, 3.63) is 29.3 Å². The molecule has 1 aromatic heterocycles. The second-order valence-corrected chi connectivity index (χ2v) is 6.37. The summed E-state index contributed by atoms with van der Waals surface area (Å²) >= 11 is 1.44. The number of nitrogens with one attached hydrogen (secondary N) is 1. The number of anilines is 2. The van der Waals surface area contributed by atoms with Gasteiger partial charge in [-0.3, -0.25) is 0 Å². The normalized spacial score (nSPS) is 12.0. The van der Waals surface area contributed by atoms with Gasteiger partial charge in [0, 0.05) is 0 Å². The number of hydrogen-bond acceptors (Lipinski definition) is 7. The molecule has 2 rings (SSSR count). The van der Waals surface area contributed by atoms with Crippen LogP contribution in [-0.4, -0.2) is 27.8 Å². The summed E-state index contributed by atoms with van der Waals surface area (Å²) in [6.45, 7) is 7.03. The molecule has 0 saturated heterocycles. The highest BCUT2D eigenvalue weighted by atomic mass is 32.2. The van der Waals surface area contributed by atoms with E-state index in [0.29, 0.717) is 11.1 Å². The van der Waals surface area contributed by atoms with Crippen molar-refractivity contribution in [2.24, 2.45) is 0 Å². The summed E-state index contributed by atoms with van der Waals surface area (Å²) in [6.07, 6.45) is 4.10. The Labute approximate surface area is 147 Å². The van der Waals surface area contributed by atoms with E-state index in [1.165, 1.54) is 11.8 Å². The Kier molecular flexibility index (Phi) is 6.66. The number of aromatic nitrogens is 3. The molecule has 0 saturated carbocycles. The second-order valence-electron chi connectivity index (χ2n) is 5.60. The van der Waals surface area contributed by atoms with E-state index < -0.39 is 0 Å². The molecule has 0 spiro atoms. The summed E-state index contributed by atoms with van der Waals surface area (Å²) in [7, 11) is 0. The van der Waals surface area contributed by atoms with Crippen LogP contribution in [0.1, 0.15) is 43.9 Å². The van der Waals surface area contributed by atoms with Gasteiger partial charge in [0.2, 0.25) is 11.9 Å². The van der Waals surface area contributed by atoms with Gasteiger partial charge in [-0.15, -0.1) is 0 Å². The first-order valence-corrected chi connectivity index (χ1v) is 9.31. The maximum Gasteiger partial charge on any atom is 0.228 e. The summed E-state index contributed by atoms with van der Waals surface area (Å²) in [5, 5.41) is 3.88. The lowest BCUT2D eigenvalue weighted by atomic mass is 10.1. The summed E-state index contributed by atoms with van der Waals surface area (Å²) in [6, 6.07) is 6.25. The summed E-state index contributed by atoms with van der Waals surface area (Å²) in [5.74, 6) is 1.65. The third-order valence-corrected chi connectivity index (χ3v) is 4.16. The van der Waals surface area contributed by atoms with E-state index in [9.17, 15) is 0 Å². The first kappa shape index (κ1) is 18.3. The van der Waals surface area contributed by atoms with Crippen LogP contribution in [0.4, 0.5) is 11.9 Å². The monoisotopic (exact) mass is 347 g/mol. The van der Waals surface area contributed by atoms with Gasteiger partial charge >= 0.3 is 0 Å². The fraction of sp³-hybridized carbons (Fsp3) is 0.471. The molecule has 7 heteroatoms. The third-order valence-electron chi connectivity index (χ3n) is 3.61. The number of ether oxygens (including phenoxy) is 1. The number of unbranched alkanes of at least 4 members (excludes halogenated alkanes) is 1. The van der Waals surface area contributed by atoms with Crippen LogP contribution in [0.5, 0.6) is 5.75 Å².